The molecule has 1 N–H and O–H groups in total. The van der Waals surface area contributed by atoms with Gasteiger partial charge in [-0.3, -0.25) is 9.69 Å². The van der Waals surface area contributed by atoms with Crippen molar-refractivity contribution in [3.63, 3.8) is 0 Å². The molecule has 2 aliphatic rings. The van der Waals surface area contributed by atoms with Crippen LogP contribution < -0.4 is 5.32 Å². The predicted molar refractivity (Wildman–Crippen MR) is 69.6 cm³/mol. The first-order chi connectivity index (χ1) is 9.15. The van der Waals surface area contributed by atoms with Crippen LogP contribution in [0.4, 0.5) is 0 Å². The van der Waals surface area contributed by atoms with E-state index in [9.17, 15) is 4.79 Å². The van der Waals surface area contributed by atoms with Crippen molar-refractivity contribution >= 4 is 5.91 Å². The maximum atomic E-state index is 11.8. The highest BCUT2D eigenvalue weighted by Gasteiger charge is 2.44. The second-order valence-corrected chi connectivity index (χ2v) is 5.46. The number of amides is 1. The van der Waals surface area contributed by atoms with Gasteiger partial charge >= 0.3 is 0 Å². The molecule has 0 radical (unpaired) electrons. The average molecular weight is 264 g/mol. The fourth-order valence-electron chi connectivity index (χ4n) is 3.12. The summed E-state index contributed by atoms with van der Waals surface area (Å²) in [6, 6.07) is 4.00. The zero-order valence-corrected chi connectivity index (χ0v) is 11.4. The van der Waals surface area contributed by atoms with Gasteiger partial charge in [0.25, 0.3) is 0 Å². The summed E-state index contributed by atoms with van der Waals surface area (Å²) in [5.41, 5.74) is 0. The normalized spacial score (nSPS) is 30.5. The minimum atomic E-state index is -0.00154. The summed E-state index contributed by atoms with van der Waals surface area (Å²) >= 11 is 0. The van der Waals surface area contributed by atoms with Crippen molar-refractivity contribution in [3.05, 3.63) is 23.7 Å². The van der Waals surface area contributed by atoms with Gasteiger partial charge in [0.05, 0.1) is 24.7 Å². The molecule has 3 atom stereocenters. The molecular formula is C14H20N2O3. The number of ether oxygens (including phenoxy) is 1. The average Bonchev–Trinajstić information content (AvgIpc) is 2.92. The van der Waals surface area contributed by atoms with Crippen LogP contribution in [0, 0.1) is 12.8 Å². The van der Waals surface area contributed by atoms with Gasteiger partial charge in [-0.1, -0.05) is 0 Å². The van der Waals surface area contributed by atoms with Crippen LogP contribution in [0.25, 0.3) is 0 Å². The zero-order chi connectivity index (χ0) is 13.4. The number of nitrogens with zero attached hydrogens (tertiary/aromatic N) is 1. The molecule has 0 saturated carbocycles. The smallest absolute Gasteiger partial charge is 0.225 e. The van der Waals surface area contributed by atoms with Crippen LogP contribution in [0.5, 0.6) is 0 Å². The Morgan fingerprint density at radius 3 is 3.00 bits per heavy atom. The number of fused-ring (bicyclic) bond motifs is 2. The van der Waals surface area contributed by atoms with Crippen LogP contribution in [-0.4, -0.2) is 43.2 Å². The van der Waals surface area contributed by atoms with Crippen LogP contribution in [0.2, 0.25) is 0 Å². The van der Waals surface area contributed by atoms with Crippen molar-refractivity contribution in [1.82, 2.24) is 10.2 Å². The molecule has 5 heteroatoms. The first-order valence-corrected chi connectivity index (χ1v) is 6.80. The Kier molecular flexibility index (Phi) is 3.33. The van der Waals surface area contributed by atoms with Gasteiger partial charge in [0.15, 0.2) is 0 Å². The second-order valence-electron chi connectivity index (χ2n) is 5.46. The van der Waals surface area contributed by atoms with Gasteiger partial charge < -0.3 is 14.5 Å². The first-order valence-electron chi connectivity index (χ1n) is 6.80. The third-order valence-electron chi connectivity index (χ3n) is 3.99. The Morgan fingerprint density at radius 2 is 2.32 bits per heavy atom. The molecule has 1 aromatic heterocycles. The summed E-state index contributed by atoms with van der Waals surface area (Å²) in [6.45, 7) is 4.43. The largest absolute Gasteiger partial charge is 0.465 e. The van der Waals surface area contributed by atoms with Crippen LogP contribution >= 0.6 is 0 Å². The third-order valence-corrected chi connectivity index (χ3v) is 3.99. The van der Waals surface area contributed by atoms with E-state index < -0.39 is 0 Å². The number of hydrogen-bond acceptors (Lipinski definition) is 4. The molecule has 3 rings (SSSR count). The van der Waals surface area contributed by atoms with Gasteiger partial charge in [0, 0.05) is 20.1 Å². The van der Waals surface area contributed by atoms with Crippen molar-refractivity contribution in [2.45, 2.75) is 32.1 Å². The summed E-state index contributed by atoms with van der Waals surface area (Å²) in [4.78, 5) is 14.1. The zero-order valence-electron chi connectivity index (χ0n) is 11.4. The van der Waals surface area contributed by atoms with Gasteiger partial charge in [-0.25, -0.2) is 0 Å². The summed E-state index contributed by atoms with van der Waals surface area (Å²) in [6.07, 6.45) is 1.03. The van der Waals surface area contributed by atoms with Crippen LogP contribution in [0.3, 0.4) is 0 Å². The van der Waals surface area contributed by atoms with Gasteiger partial charge in [0.2, 0.25) is 5.91 Å². The molecular weight excluding hydrogens is 244 g/mol. The van der Waals surface area contributed by atoms with E-state index in [4.69, 9.17) is 9.15 Å². The van der Waals surface area contributed by atoms with Gasteiger partial charge in [-0.05, 0) is 25.5 Å². The molecule has 5 nitrogen and oxygen atoms in total. The Morgan fingerprint density at radius 1 is 1.47 bits per heavy atom. The molecule has 1 aromatic rings. The summed E-state index contributed by atoms with van der Waals surface area (Å²) in [5.74, 6) is 2.02. The molecule has 0 unspecified atom stereocenters. The maximum Gasteiger partial charge on any atom is 0.225 e. The van der Waals surface area contributed by atoms with E-state index >= 15 is 0 Å². The molecule has 2 fully saturated rings. The summed E-state index contributed by atoms with van der Waals surface area (Å²) in [7, 11) is 1.69. The lowest BCUT2D eigenvalue weighted by molar-refractivity contribution is -0.127. The number of furan rings is 1. The van der Waals surface area contributed by atoms with E-state index in [1.54, 1.807) is 7.05 Å². The molecule has 0 spiro atoms. The van der Waals surface area contributed by atoms with Crippen LogP contribution in [-0.2, 0) is 16.1 Å². The second kappa shape index (κ2) is 4.98. The van der Waals surface area contributed by atoms with Crippen molar-refractivity contribution in [1.29, 1.82) is 0 Å². The van der Waals surface area contributed by atoms with Gasteiger partial charge in [0.1, 0.15) is 11.5 Å². The van der Waals surface area contributed by atoms with Crippen molar-refractivity contribution in [2.24, 2.45) is 5.92 Å². The van der Waals surface area contributed by atoms with Crippen molar-refractivity contribution in [2.75, 3.05) is 20.1 Å². The molecule has 2 saturated heterocycles. The highest BCUT2D eigenvalue weighted by Crippen LogP contribution is 2.32. The van der Waals surface area contributed by atoms with E-state index in [-0.39, 0.29) is 24.0 Å². The topological polar surface area (TPSA) is 54.7 Å². The third kappa shape index (κ3) is 2.53. The number of hydrogen-bond donors (Lipinski definition) is 1. The summed E-state index contributed by atoms with van der Waals surface area (Å²) < 4.78 is 11.5. The molecule has 3 heterocycles. The SMILES string of the molecule is CNC(=O)[C@H]1C[C@@H]2CN(Cc3ccc(C)o3)C[C@H]1O2. The highest BCUT2D eigenvalue weighted by molar-refractivity contribution is 5.79. The lowest BCUT2D eigenvalue weighted by atomic mass is 10.00. The number of likely N-dealkylation sites (tertiary alicyclic amines) is 1. The first kappa shape index (κ1) is 12.7. The van der Waals surface area contributed by atoms with Crippen LogP contribution in [0.15, 0.2) is 16.5 Å². The van der Waals surface area contributed by atoms with E-state index in [0.717, 1.165) is 37.6 Å². The Hall–Kier alpha value is -1.33. The number of nitrogens with one attached hydrogen (secondary N) is 1. The molecule has 1 amide bonds. The number of morpholine rings is 1. The molecule has 0 aliphatic carbocycles. The molecule has 2 aliphatic heterocycles. The predicted octanol–water partition coefficient (Wildman–Crippen LogP) is 0.923. The van der Waals surface area contributed by atoms with Crippen molar-refractivity contribution in [3.8, 4) is 0 Å². The minimum Gasteiger partial charge on any atom is -0.465 e. The number of rotatable bonds is 3. The standard InChI is InChI=1S/C14H20N2O3/c1-9-3-4-10(18-9)6-16-7-11-5-12(14(17)15-2)13(8-16)19-11/h3-4,11-13H,5-8H2,1-2H3,(H,15,17)/t11-,12+,13-/m1/s1. The molecule has 2 bridgehead atoms. The van der Waals surface area contributed by atoms with E-state index in [1.807, 2.05) is 19.1 Å². The quantitative estimate of drug-likeness (QED) is 0.882. The van der Waals surface area contributed by atoms with Gasteiger partial charge in [-0.15, -0.1) is 0 Å². The minimum absolute atomic E-state index is 0.00154. The highest BCUT2D eigenvalue weighted by atomic mass is 16.5. The van der Waals surface area contributed by atoms with Crippen LogP contribution in [0.1, 0.15) is 17.9 Å². The number of aryl methyl sites for hydroxylation is 1. The maximum absolute atomic E-state index is 11.8. The fraction of sp³-hybridized carbons (Fsp3) is 0.643. The van der Waals surface area contributed by atoms with Gasteiger partial charge in [-0.2, -0.15) is 0 Å². The van der Waals surface area contributed by atoms with E-state index in [0.29, 0.717) is 0 Å². The van der Waals surface area contributed by atoms with Crippen molar-refractivity contribution < 1.29 is 13.9 Å². The van der Waals surface area contributed by atoms with E-state index in [2.05, 4.69) is 10.2 Å². The Labute approximate surface area is 112 Å². The monoisotopic (exact) mass is 264 g/mol. The lowest BCUT2D eigenvalue weighted by Gasteiger charge is -2.32. The number of carbonyl (C=O) groups is 1. The summed E-state index contributed by atoms with van der Waals surface area (Å²) in [5, 5.41) is 2.73. The molecule has 104 valence electrons. The number of carbonyl (C=O) groups excluding carboxylic acids is 1. The Balaban J connectivity index is 1.64. The lowest BCUT2D eigenvalue weighted by Crippen LogP contribution is -2.44. The molecule has 0 aromatic carbocycles. The molecule has 19 heavy (non-hydrogen) atoms. The van der Waals surface area contributed by atoms with E-state index in [1.165, 1.54) is 0 Å². The Bertz CT molecular complexity index is 471. The fourth-order valence-corrected chi connectivity index (χ4v) is 3.12.